The van der Waals surface area contributed by atoms with Gasteiger partial charge in [-0.15, -0.1) is 0 Å². The maximum atomic E-state index is 4.48. The normalized spacial score (nSPS) is 12.0. The summed E-state index contributed by atoms with van der Waals surface area (Å²) in [6.45, 7) is 9.02. The van der Waals surface area contributed by atoms with E-state index in [2.05, 4.69) is 43.3 Å². The molecule has 1 aromatic rings. The highest BCUT2D eigenvalue weighted by atomic mass is 28.3. The summed E-state index contributed by atoms with van der Waals surface area (Å²) in [5, 5.41) is 4.48. The highest BCUT2D eigenvalue weighted by molar-refractivity contribution is 6.77. The van der Waals surface area contributed by atoms with Crippen LogP contribution in [0.4, 0.5) is 0 Å². The van der Waals surface area contributed by atoms with Crippen LogP contribution in [0.5, 0.6) is 0 Å². The van der Waals surface area contributed by atoms with E-state index in [1.54, 1.807) is 0 Å². The number of nitrogens with zero attached hydrogens (tertiary/aromatic N) is 2. The number of hydrogen-bond acceptors (Lipinski definition) is 1. The largest absolute Gasteiger partial charge is 0.301 e. The van der Waals surface area contributed by atoms with Crippen molar-refractivity contribution in [1.82, 2.24) is 9.45 Å². The van der Waals surface area contributed by atoms with E-state index >= 15 is 0 Å². The zero-order valence-corrected chi connectivity index (χ0v) is 10.2. The summed E-state index contributed by atoms with van der Waals surface area (Å²) in [5.74, 6) is 0. The molecule has 74 valence electrons. The predicted molar refractivity (Wildman–Crippen MR) is 59.6 cm³/mol. The first kappa shape index (κ1) is 10.5. The minimum absolute atomic E-state index is 1.27. The third-order valence-electron chi connectivity index (χ3n) is 3.17. The predicted octanol–water partition coefficient (Wildman–Crippen LogP) is 3.04. The van der Waals surface area contributed by atoms with E-state index in [0.29, 0.717) is 0 Å². The van der Waals surface area contributed by atoms with Crippen molar-refractivity contribution in [3.63, 3.8) is 0 Å². The van der Waals surface area contributed by atoms with Crippen molar-refractivity contribution in [2.45, 2.75) is 45.8 Å². The summed E-state index contributed by atoms with van der Waals surface area (Å²) >= 11 is 0. The molecule has 0 spiro atoms. The number of rotatable bonds is 4. The molecule has 2 nitrogen and oxygen atoms in total. The molecule has 1 aromatic heterocycles. The molecule has 0 atom stereocenters. The number of aryl methyl sites for hydroxylation is 1. The van der Waals surface area contributed by atoms with Crippen LogP contribution >= 0.6 is 0 Å². The van der Waals surface area contributed by atoms with Gasteiger partial charge in [-0.1, -0.05) is 20.8 Å². The molecule has 0 aliphatic heterocycles. The Morgan fingerprint density at radius 1 is 1.23 bits per heavy atom. The molecule has 0 radical (unpaired) electrons. The van der Waals surface area contributed by atoms with E-state index in [0.717, 1.165) is 0 Å². The molecule has 0 aliphatic rings. The lowest BCUT2D eigenvalue weighted by Gasteiger charge is -2.27. The maximum absolute atomic E-state index is 4.48. The third kappa shape index (κ3) is 1.85. The monoisotopic (exact) mass is 196 g/mol. The Morgan fingerprint density at radius 2 is 1.77 bits per heavy atom. The van der Waals surface area contributed by atoms with Crippen molar-refractivity contribution in [3.05, 3.63) is 18.0 Å². The van der Waals surface area contributed by atoms with E-state index in [-0.39, 0.29) is 0 Å². The molecule has 0 saturated carbocycles. The summed E-state index contributed by atoms with van der Waals surface area (Å²) in [4.78, 5) is 0. The standard InChI is InChI=1S/C10H20N2Si/c1-5-13(6-2,7-3)12-9-10(4)8-11-12/h8-9H,5-7H2,1-4H3. The second-order valence-electron chi connectivity index (χ2n) is 3.75. The van der Waals surface area contributed by atoms with Gasteiger partial charge in [0, 0.05) is 6.20 Å². The quantitative estimate of drug-likeness (QED) is 0.677. The topological polar surface area (TPSA) is 17.8 Å². The van der Waals surface area contributed by atoms with Crippen LogP contribution in [-0.2, 0) is 0 Å². The first-order chi connectivity index (χ1) is 6.18. The van der Waals surface area contributed by atoms with Gasteiger partial charge in [0.25, 0.3) is 0 Å². The van der Waals surface area contributed by atoms with E-state index in [9.17, 15) is 0 Å². The molecule has 0 aromatic carbocycles. The van der Waals surface area contributed by atoms with Gasteiger partial charge in [-0.2, -0.15) is 5.10 Å². The Hall–Kier alpha value is -0.573. The van der Waals surface area contributed by atoms with Gasteiger partial charge < -0.3 is 4.35 Å². The molecule has 0 bridgehead atoms. The van der Waals surface area contributed by atoms with Crippen molar-refractivity contribution in [3.8, 4) is 0 Å². The van der Waals surface area contributed by atoms with E-state index in [4.69, 9.17) is 0 Å². The molecule has 3 heteroatoms. The van der Waals surface area contributed by atoms with E-state index < -0.39 is 8.24 Å². The minimum atomic E-state index is -1.27. The summed E-state index contributed by atoms with van der Waals surface area (Å²) in [6.07, 6.45) is 4.19. The van der Waals surface area contributed by atoms with Gasteiger partial charge in [-0.05, 0) is 30.6 Å². The van der Waals surface area contributed by atoms with Crippen LogP contribution in [0.2, 0.25) is 18.1 Å². The fraction of sp³-hybridized carbons (Fsp3) is 0.700. The molecule has 0 saturated heterocycles. The molecular weight excluding hydrogens is 176 g/mol. The zero-order valence-electron chi connectivity index (χ0n) is 9.17. The van der Waals surface area contributed by atoms with Crippen LogP contribution in [0.25, 0.3) is 0 Å². The Morgan fingerprint density at radius 3 is 2.08 bits per heavy atom. The summed E-state index contributed by atoms with van der Waals surface area (Å²) < 4.78 is 2.28. The SMILES string of the molecule is CC[Si](CC)(CC)n1cc(C)cn1. The van der Waals surface area contributed by atoms with Crippen molar-refractivity contribution in [1.29, 1.82) is 0 Å². The zero-order chi connectivity index (χ0) is 9.90. The molecule has 0 unspecified atom stereocenters. The van der Waals surface area contributed by atoms with Gasteiger partial charge in [0.15, 0.2) is 8.24 Å². The number of aromatic nitrogens is 2. The first-order valence-electron chi connectivity index (χ1n) is 5.20. The van der Waals surface area contributed by atoms with Gasteiger partial charge in [-0.3, -0.25) is 0 Å². The molecule has 0 N–H and O–H groups in total. The average molecular weight is 196 g/mol. The number of hydrogen-bond donors (Lipinski definition) is 0. The van der Waals surface area contributed by atoms with Crippen LogP contribution in [-0.4, -0.2) is 17.7 Å². The van der Waals surface area contributed by atoms with Gasteiger partial charge in [-0.25, -0.2) is 0 Å². The van der Waals surface area contributed by atoms with Gasteiger partial charge >= 0.3 is 0 Å². The van der Waals surface area contributed by atoms with Gasteiger partial charge in [0.05, 0.1) is 6.20 Å². The van der Waals surface area contributed by atoms with Crippen molar-refractivity contribution < 1.29 is 0 Å². The first-order valence-corrected chi connectivity index (χ1v) is 7.77. The lowest BCUT2D eigenvalue weighted by Crippen LogP contribution is -2.41. The molecule has 1 rings (SSSR count). The molecule has 13 heavy (non-hydrogen) atoms. The Bertz CT molecular complexity index is 255. The molecule has 0 fully saturated rings. The van der Waals surface area contributed by atoms with Gasteiger partial charge in [0.1, 0.15) is 0 Å². The van der Waals surface area contributed by atoms with Gasteiger partial charge in [0.2, 0.25) is 0 Å². The smallest absolute Gasteiger partial charge is 0.184 e. The highest BCUT2D eigenvalue weighted by Crippen LogP contribution is 2.21. The van der Waals surface area contributed by atoms with Crippen molar-refractivity contribution >= 4 is 8.24 Å². The van der Waals surface area contributed by atoms with Crippen molar-refractivity contribution in [2.75, 3.05) is 0 Å². The van der Waals surface area contributed by atoms with Crippen LogP contribution in [0.3, 0.4) is 0 Å². The lowest BCUT2D eigenvalue weighted by molar-refractivity contribution is 0.878. The maximum Gasteiger partial charge on any atom is 0.184 e. The Balaban J connectivity index is 3.00. The summed E-state index contributed by atoms with van der Waals surface area (Å²) in [5.41, 5.74) is 1.28. The Labute approximate surface area is 82.1 Å². The fourth-order valence-corrected chi connectivity index (χ4v) is 5.16. The van der Waals surface area contributed by atoms with Crippen LogP contribution in [0.15, 0.2) is 12.4 Å². The van der Waals surface area contributed by atoms with Crippen LogP contribution in [0.1, 0.15) is 26.3 Å². The fourth-order valence-electron chi connectivity index (χ4n) is 1.91. The Kier molecular flexibility index (Phi) is 3.31. The summed E-state index contributed by atoms with van der Waals surface area (Å²) in [6, 6.07) is 3.88. The van der Waals surface area contributed by atoms with Crippen molar-refractivity contribution in [2.24, 2.45) is 0 Å². The summed E-state index contributed by atoms with van der Waals surface area (Å²) in [7, 11) is -1.27. The van der Waals surface area contributed by atoms with E-state index in [1.165, 1.54) is 23.7 Å². The molecule has 0 aliphatic carbocycles. The lowest BCUT2D eigenvalue weighted by atomic mass is 10.4. The highest BCUT2D eigenvalue weighted by Gasteiger charge is 2.30. The van der Waals surface area contributed by atoms with Crippen LogP contribution in [0, 0.1) is 6.92 Å². The second kappa shape index (κ2) is 4.09. The van der Waals surface area contributed by atoms with E-state index in [1.807, 2.05) is 6.20 Å². The minimum Gasteiger partial charge on any atom is -0.301 e. The second-order valence-corrected chi connectivity index (χ2v) is 8.78. The third-order valence-corrected chi connectivity index (χ3v) is 8.34. The average Bonchev–Trinajstić information content (AvgIpc) is 2.57. The molecular formula is C10H20N2Si. The molecule has 0 amide bonds. The van der Waals surface area contributed by atoms with Crippen LogP contribution < -0.4 is 0 Å². The molecule has 1 heterocycles.